The molecule has 4 nitrogen and oxygen atoms in total. The van der Waals surface area contributed by atoms with Crippen molar-refractivity contribution in [3.63, 3.8) is 0 Å². The highest BCUT2D eigenvalue weighted by molar-refractivity contribution is 9.10. The van der Waals surface area contributed by atoms with Gasteiger partial charge in [0.25, 0.3) is 0 Å². The normalized spacial score (nSPS) is 25.3. The molecular weight excluding hydrogens is 298 g/mol. The van der Waals surface area contributed by atoms with E-state index in [1.165, 1.54) is 0 Å². The molecule has 1 heterocycles. The zero-order valence-corrected chi connectivity index (χ0v) is 11.0. The molecule has 0 N–H and O–H groups in total. The highest BCUT2D eigenvalue weighted by atomic mass is 79.9. The number of piperidine rings is 1. The van der Waals surface area contributed by atoms with Gasteiger partial charge in [-0.2, -0.15) is 0 Å². The number of hydrogen-bond donors (Lipinski definition) is 0. The molecule has 0 spiro atoms. The molecule has 92 valence electrons. The van der Waals surface area contributed by atoms with Crippen LogP contribution < -0.4 is 0 Å². The van der Waals surface area contributed by atoms with Crippen molar-refractivity contribution in [3.8, 4) is 0 Å². The van der Waals surface area contributed by atoms with Crippen LogP contribution in [0.2, 0.25) is 0 Å². The van der Waals surface area contributed by atoms with E-state index < -0.39 is 0 Å². The molecule has 0 bridgehead atoms. The summed E-state index contributed by atoms with van der Waals surface area (Å²) in [5.74, 6) is -0.874. The number of carbonyl (C=O) groups is 3. The lowest BCUT2D eigenvalue weighted by atomic mass is 10.1. The molecule has 2 amide bonds. The quantitative estimate of drug-likeness (QED) is 0.630. The summed E-state index contributed by atoms with van der Waals surface area (Å²) >= 11 is 3.28. The van der Waals surface area contributed by atoms with Crippen molar-refractivity contribution in [2.24, 2.45) is 11.8 Å². The molecule has 2 fully saturated rings. The van der Waals surface area contributed by atoms with Gasteiger partial charge in [-0.15, -0.1) is 0 Å². The second-order valence-corrected chi connectivity index (χ2v) is 5.56. The van der Waals surface area contributed by atoms with Crippen LogP contribution in [0.15, 0.2) is 28.7 Å². The van der Waals surface area contributed by atoms with Crippen molar-refractivity contribution in [2.45, 2.75) is 6.42 Å². The molecular formula is C13H10BrNO3. The van der Waals surface area contributed by atoms with Gasteiger partial charge in [-0.3, -0.25) is 19.3 Å². The zero-order valence-electron chi connectivity index (χ0n) is 9.43. The molecule has 0 radical (unpaired) electrons. The van der Waals surface area contributed by atoms with Gasteiger partial charge < -0.3 is 0 Å². The first-order valence-electron chi connectivity index (χ1n) is 5.72. The van der Waals surface area contributed by atoms with Crippen LogP contribution in [0.25, 0.3) is 0 Å². The molecule has 1 aromatic rings. The first-order valence-corrected chi connectivity index (χ1v) is 6.51. The standard InChI is InChI=1S/C13H10BrNO3/c14-8-3-1-2-7(4-8)11(16)6-15-12(17)9-5-10(9)13(15)18/h1-4,9-10H,5-6H2. The van der Waals surface area contributed by atoms with Crippen LogP contribution in [-0.2, 0) is 9.59 Å². The third kappa shape index (κ3) is 1.79. The molecule has 0 aromatic heterocycles. The van der Waals surface area contributed by atoms with Crippen molar-refractivity contribution in [3.05, 3.63) is 34.3 Å². The number of halogens is 1. The summed E-state index contributed by atoms with van der Waals surface area (Å²) in [4.78, 5) is 36.6. The van der Waals surface area contributed by atoms with Crippen molar-refractivity contribution >= 4 is 33.5 Å². The number of hydrogen-bond acceptors (Lipinski definition) is 3. The Balaban J connectivity index is 1.75. The molecule has 2 unspecified atom stereocenters. The molecule has 1 aliphatic heterocycles. The predicted octanol–water partition coefficient (Wildman–Crippen LogP) is 1.64. The molecule has 3 rings (SSSR count). The number of Topliss-reactive ketones (excluding diaryl/α,β-unsaturated/α-hetero) is 1. The zero-order chi connectivity index (χ0) is 12.9. The van der Waals surface area contributed by atoms with Gasteiger partial charge in [0.15, 0.2) is 5.78 Å². The van der Waals surface area contributed by atoms with Crippen LogP contribution in [0.4, 0.5) is 0 Å². The van der Waals surface area contributed by atoms with Crippen molar-refractivity contribution < 1.29 is 14.4 Å². The van der Waals surface area contributed by atoms with E-state index in [9.17, 15) is 14.4 Å². The molecule has 2 aliphatic rings. The van der Waals surface area contributed by atoms with Gasteiger partial charge in [0.1, 0.15) is 0 Å². The number of rotatable bonds is 3. The number of imide groups is 1. The predicted molar refractivity (Wildman–Crippen MR) is 66.8 cm³/mol. The summed E-state index contributed by atoms with van der Waals surface area (Å²) in [6.45, 7) is -0.138. The highest BCUT2D eigenvalue weighted by Gasteiger charge is 2.58. The first-order chi connectivity index (χ1) is 8.58. The van der Waals surface area contributed by atoms with E-state index in [-0.39, 0.29) is 36.0 Å². The van der Waals surface area contributed by atoms with E-state index in [2.05, 4.69) is 15.9 Å². The Morgan fingerprint density at radius 1 is 1.28 bits per heavy atom. The number of ketones is 1. The van der Waals surface area contributed by atoms with Gasteiger partial charge in [0.05, 0.1) is 18.4 Å². The van der Waals surface area contributed by atoms with Gasteiger partial charge in [0.2, 0.25) is 11.8 Å². The molecule has 1 aliphatic carbocycles. The van der Waals surface area contributed by atoms with Gasteiger partial charge >= 0.3 is 0 Å². The Hall–Kier alpha value is -1.49. The fraction of sp³-hybridized carbons (Fsp3) is 0.308. The monoisotopic (exact) mass is 307 g/mol. The average Bonchev–Trinajstić information content (AvgIpc) is 3.10. The van der Waals surface area contributed by atoms with E-state index in [0.717, 1.165) is 9.37 Å². The molecule has 1 aromatic carbocycles. The maximum Gasteiger partial charge on any atom is 0.233 e. The van der Waals surface area contributed by atoms with E-state index in [0.29, 0.717) is 12.0 Å². The van der Waals surface area contributed by atoms with Gasteiger partial charge in [0, 0.05) is 10.0 Å². The van der Waals surface area contributed by atoms with Crippen molar-refractivity contribution in [1.29, 1.82) is 0 Å². The van der Waals surface area contributed by atoms with Gasteiger partial charge in [-0.1, -0.05) is 28.1 Å². The largest absolute Gasteiger partial charge is 0.292 e. The number of carbonyl (C=O) groups excluding carboxylic acids is 3. The number of fused-ring (bicyclic) bond motifs is 1. The maximum absolute atomic E-state index is 12.0. The fourth-order valence-electron chi connectivity index (χ4n) is 2.30. The fourth-order valence-corrected chi connectivity index (χ4v) is 2.70. The van der Waals surface area contributed by atoms with E-state index in [1.54, 1.807) is 18.2 Å². The Labute approximate surface area is 112 Å². The summed E-state index contributed by atoms with van der Waals surface area (Å²) in [6.07, 6.45) is 0.666. The van der Waals surface area contributed by atoms with E-state index in [1.807, 2.05) is 6.07 Å². The number of nitrogens with zero attached hydrogens (tertiary/aromatic N) is 1. The third-order valence-electron chi connectivity index (χ3n) is 3.41. The van der Waals surface area contributed by atoms with Crippen LogP contribution in [0, 0.1) is 11.8 Å². The van der Waals surface area contributed by atoms with Gasteiger partial charge in [-0.25, -0.2) is 0 Å². The van der Waals surface area contributed by atoms with Gasteiger partial charge in [-0.05, 0) is 18.6 Å². The Morgan fingerprint density at radius 2 is 1.94 bits per heavy atom. The molecule has 5 heteroatoms. The van der Waals surface area contributed by atoms with Crippen LogP contribution in [0.1, 0.15) is 16.8 Å². The van der Waals surface area contributed by atoms with Crippen molar-refractivity contribution in [2.75, 3.05) is 6.54 Å². The number of benzene rings is 1. The average molecular weight is 308 g/mol. The maximum atomic E-state index is 12.0. The highest BCUT2D eigenvalue weighted by Crippen LogP contribution is 2.46. The second-order valence-electron chi connectivity index (χ2n) is 4.64. The van der Waals surface area contributed by atoms with Crippen LogP contribution >= 0.6 is 15.9 Å². The van der Waals surface area contributed by atoms with Crippen LogP contribution in [0.3, 0.4) is 0 Å². The SMILES string of the molecule is O=C(CN1C(=O)C2CC2C1=O)c1cccc(Br)c1. The van der Waals surface area contributed by atoms with Crippen LogP contribution in [-0.4, -0.2) is 29.0 Å². The lowest BCUT2D eigenvalue weighted by molar-refractivity contribution is -0.140. The summed E-state index contributed by atoms with van der Waals surface area (Å²) in [5, 5.41) is 0. The second kappa shape index (κ2) is 4.02. The van der Waals surface area contributed by atoms with E-state index >= 15 is 0 Å². The minimum Gasteiger partial charge on any atom is -0.292 e. The smallest absolute Gasteiger partial charge is 0.233 e. The summed E-state index contributed by atoms with van der Waals surface area (Å²) in [6, 6.07) is 6.94. The molecule has 1 saturated heterocycles. The topological polar surface area (TPSA) is 54.5 Å². The third-order valence-corrected chi connectivity index (χ3v) is 3.90. The Kier molecular flexibility index (Phi) is 2.59. The van der Waals surface area contributed by atoms with E-state index in [4.69, 9.17) is 0 Å². The van der Waals surface area contributed by atoms with Crippen molar-refractivity contribution in [1.82, 2.24) is 4.90 Å². The minimum atomic E-state index is -0.209. The molecule has 2 atom stereocenters. The summed E-state index contributed by atoms with van der Waals surface area (Å²) in [7, 11) is 0. The molecule has 1 saturated carbocycles. The summed E-state index contributed by atoms with van der Waals surface area (Å²) < 4.78 is 0.801. The number of amides is 2. The Bertz CT molecular complexity index is 549. The lowest BCUT2D eigenvalue weighted by Crippen LogP contribution is -2.37. The first kappa shape index (κ1) is 11.6. The number of likely N-dealkylation sites (tertiary alicyclic amines) is 1. The van der Waals surface area contributed by atoms with Crippen LogP contribution in [0.5, 0.6) is 0 Å². The lowest BCUT2D eigenvalue weighted by Gasteiger charge is -2.15. The molecule has 18 heavy (non-hydrogen) atoms. The Morgan fingerprint density at radius 3 is 2.56 bits per heavy atom. The minimum absolute atomic E-state index is 0.138. The summed E-state index contributed by atoms with van der Waals surface area (Å²) in [5.41, 5.74) is 0.505.